The molecule has 0 spiro atoms. The highest BCUT2D eigenvalue weighted by atomic mass is 16.2. The van der Waals surface area contributed by atoms with Crippen LogP contribution in [0.25, 0.3) is 0 Å². The topological polar surface area (TPSA) is 58.4 Å². The predicted octanol–water partition coefficient (Wildman–Crippen LogP) is 0.714. The van der Waals surface area contributed by atoms with E-state index < -0.39 is 5.54 Å². The first kappa shape index (κ1) is 13.5. The number of rotatable bonds is 4. The summed E-state index contributed by atoms with van der Waals surface area (Å²) < 4.78 is 0. The van der Waals surface area contributed by atoms with E-state index in [9.17, 15) is 4.79 Å². The summed E-state index contributed by atoms with van der Waals surface area (Å²) in [6.07, 6.45) is 3.60. The van der Waals surface area contributed by atoms with E-state index >= 15 is 0 Å². The van der Waals surface area contributed by atoms with Gasteiger partial charge in [-0.15, -0.1) is 0 Å². The molecule has 1 fully saturated rings. The van der Waals surface area contributed by atoms with E-state index in [0.29, 0.717) is 12.8 Å². The molecule has 16 heavy (non-hydrogen) atoms. The van der Waals surface area contributed by atoms with Crippen LogP contribution in [0.1, 0.15) is 39.5 Å². The normalized spacial score (nSPS) is 23.1. The fourth-order valence-electron chi connectivity index (χ4n) is 2.18. The lowest BCUT2D eigenvalue weighted by atomic mass is 9.92. The van der Waals surface area contributed by atoms with Crippen molar-refractivity contribution < 1.29 is 4.79 Å². The molecule has 1 heterocycles. The van der Waals surface area contributed by atoms with Crippen LogP contribution in [0, 0.1) is 0 Å². The second kappa shape index (κ2) is 5.64. The lowest BCUT2D eigenvalue weighted by Gasteiger charge is -2.33. The lowest BCUT2D eigenvalue weighted by Crippen LogP contribution is -2.57. The highest BCUT2D eigenvalue weighted by Gasteiger charge is 2.32. The number of hydrogen-bond acceptors (Lipinski definition) is 3. The van der Waals surface area contributed by atoms with Crippen molar-refractivity contribution >= 4 is 5.91 Å². The summed E-state index contributed by atoms with van der Waals surface area (Å²) in [5.41, 5.74) is 5.38. The molecule has 0 aromatic heterocycles. The number of carbonyl (C=O) groups is 1. The monoisotopic (exact) mass is 227 g/mol. The molecule has 1 amide bonds. The zero-order valence-electron chi connectivity index (χ0n) is 10.8. The van der Waals surface area contributed by atoms with Gasteiger partial charge in [0.15, 0.2) is 0 Å². The van der Waals surface area contributed by atoms with E-state index in [-0.39, 0.29) is 11.9 Å². The van der Waals surface area contributed by atoms with Crippen molar-refractivity contribution in [2.45, 2.75) is 51.1 Å². The number of hydrogen-bond donors (Lipinski definition) is 2. The molecule has 0 radical (unpaired) electrons. The van der Waals surface area contributed by atoms with Crippen molar-refractivity contribution in [1.29, 1.82) is 0 Å². The summed E-state index contributed by atoms with van der Waals surface area (Å²) in [6.45, 7) is 6.00. The van der Waals surface area contributed by atoms with E-state index in [0.717, 1.165) is 25.9 Å². The molecule has 1 rings (SSSR count). The summed E-state index contributed by atoms with van der Waals surface area (Å²) in [5, 5.41) is 3.09. The summed E-state index contributed by atoms with van der Waals surface area (Å²) in [5.74, 6) is 0.0119. The van der Waals surface area contributed by atoms with Crippen LogP contribution in [-0.2, 0) is 4.79 Å². The Kier molecular flexibility index (Phi) is 4.74. The molecular weight excluding hydrogens is 202 g/mol. The lowest BCUT2D eigenvalue weighted by molar-refractivity contribution is -0.127. The highest BCUT2D eigenvalue weighted by Crippen LogP contribution is 2.14. The Balaban J connectivity index is 2.50. The summed E-state index contributed by atoms with van der Waals surface area (Å²) in [6, 6.07) is 0.271. The fraction of sp³-hybridized carbons (Fsp3) is 0.917. The second-order valence-corrected chi connectivity index (χ2v) is 4.94. The number of amides is 1. The third-order valence-electron chi connectivity index (χ3n) is 3.67. The molecule has 1 atom stereocenters. The first-order valence-electron chi connectivity index (χ1n) is 6.30. The Bertz CT molecular complexity index is 238. The molecule has 4 heteroatoms. The van der Waals surface area contributed by atoms with Crippen LogP contribution in [0.5, 0.6) is 0 Å². The maximum absolute atomic E-state index is 12.0. The van der Waals surface area contributed by atoms with Gasteiger partial charge in [-0.2, -0.15) is 0 Å². The highest BCUT2D eigenvalue weighted by molar-refractivity contribution is 5.86. The van der Waals surface area contributed by atoms with E-state index in [1.807, 2.05) is 13.8 Å². The van der Waals surface area contributed by atoms with E-state index in [1.165, 1.54) is 0 Å². The van der Waals surface area contributed by atoms with Crippen LogP contribution in [0.4, 0.5) is 0 Å². The van der Waals surface area contributed by atoms with Crippen LogP contribution < -0.4 is 11.1 Å². The Labute approximate surface area is 98.6 Å². The van der Waals surface area contributed by atoms with Gasteiger partial charge >= 0.3 is 0 Å². The van der Waals surface area contributed by atoms with Gasteiger partial charge in [-0.3, -0.25) is 4.79 Å². The second-order valence-electron chi connectivity index (χ2n) is 4.94. The molecule has 4 nitrogen and oxygen atoms in total. The average molecular weight is 227 g/mol. The number of likely N-dealkylation sites (tertiary alicyclic amines) is 1. The van der Waals surface area contributed by atoms with Crippen molar-refractivity contribution in [3.05, 3.63) is 0 Å². The molecule has 3 N–H and O–H groups in total. The predicted molar refractivity (Wildman–Crippen MR) is 66.2 cm³/mol. The maximum atomic E-state index is 12.0. The Hall–Kier alpha value is -0.610. The molecule has 1 saturated heterocycles. The Morgan fingerprint density at radius 2 is 2.12 bits per heavy atom. The van der Waals surface area contributed by atoms with Gasteiger partial charge in [0.05, 0.1) is 5.54 Å². The van der Waals surface area contributed by atoms with Gasteiger partial charge in [-0.25, -0.2) is 0 Å². The minimum Gasteiger partial charge on any atom is -0.350 e. The van der Waals surface area contributed by atoms with Crippen molar-refractivity contribution in [2.75, 3.05) is 20.1 Å². The van der Waals surface area contributed by atoms with Crippen LogP contribution in [0.2, 0.25) is 0 Å². The number of nitrogens with two attached hydrogens (primary N) is 1. The van der Waals surface area contributed by atoms with Crippen LogP contribution >= 0.6 is 0 Å². The first-order chi connectivity index (χ1) is 7.51. The minimum absolute atomic E-state index is 0.0119. The summed E-state index contributed by atoms with van der Waals surface area (Å²) in [7, 11) is 2.09. The van der Waals surface area contributed by atoms with Crippen molar-refractivity contribution in [3.8, 4) is 0 Å². The molecule has 0 saturated carbocycles. The standard InChI is InChI=1S/C12H25N3O/c1-4-12(13,5-2)11(16)14-10-7-6-8-15(3)9-10/h10H,4-9,13H2,1-3H3,(H,14,16). The van der Waals surface area contributed by atoms with Gasteiger partial charge in [0.1, 0.15) is 0 Å². The van der Waals surface area contributed by atoms with Crippen molar-refractivity contribution in [2.24, 2.45) is 5.73 Å². The van der Waals surface area contributed by atoms with Gasteiger partial charge in [-0.1, -0.05) is 13.8 Å². The molecule has 1 aliphatic heterocycles. The molecule has 1 aliphatic rings. The number of nitrogens with zero attached hydrogens (tertiary/aromatic N) is 1. The van der Waals surface area contributed by atoms with Gasteiger partial charge in [0.25, 0.3) is 0 Å². The fourth-order valence-corrected chi connectivity index (χ4v) is 2.18. The Morgan fingerprint density at radius 3 is 2.62 bits per heavy atom. The summed E-state index contributed by atoms with van der Waals surface area (Å²) in [4.78, 5) is 14.3. The van der Waals surface area contributed by atoms with Gasteiger partial charge in [0, 0.05) is 12.6 Å². The van der Waals surface area contributed by atoms with Gasteiger partial charge in [-0.05, 0) is 39.3 Å². The smallest absolute Gasteiger partial charge is 0.240 e. The maximum Gasteiger partial charge on any atom is 0.240 e. The van der Waals surface area contributed by atoms with Crippen LogP contribution in [0.15, 0.2) is 0 Å². The number of piperidine rings is 1. The third-order valence-corrected chi connectivity index (χ3v) is 3.67. The van der Waals surface area contributed by atoms with Gasteiger partial charge < -0.3 is 16.0 Å². The van der Waals surface area contributed by atoms with Gasteiger partial charge in [0.2, 0.25) is 5.91 Å². The zero-order chi connectivity index (χ0) is 12.2. The van der Waals surface area contributed by atoms with E-state index in [2.05, 4.69) is 17.3 Å². The first-order valence-corrected chi connectivity index (χ1v) is 6.30. The Morgan fingerprint density at radius 1 is 1.50 bits per heavy atom. The summed E-state index contributed by atoms with van der Waals surface area (Å²) >= 11 is 0. The van der Waals surface area contributed by atoms with Crippen molar-refractivity contribution in [1.82, 2.24) is 10.2 Å². The number of likely N-dealkylation sites (N-methyl/N-ethyl adjacent to an activating group) is 1. The average Bonchev–Trinajstić information content (AvgIpc) is 2.28. The molecule has 0 aliphatic carbocycles. The number of nitrogens with one attached hydrogen (secondary N) is 1. The molecule has 0 aromatic rings. The molecule has 0 aromatic carbocycles. The largest absolute Gasteiger partial charge is 0.350 e. The minimum atomic E-state index is -0.685. The molecular formula is C12H25N3O. The van der Waals surface area contributed by atoms with E-state index in [4.69, 9.17) is 5.73 Å². The SMILES string of the molecule is CCC(N)(CC)C(=O)NC1CCCN(C)C1. The third kappa shape index (κ3) is 3.19. The number of carbonyl (C=O) groups excluding carboxylic acids is 1. The van der Waals surface area contributed by atoms with Crippen molar-refractivity contribution in [3.63, 3.8) is 0 Å². The van der Waals surface area contributed by atoms with Crippen LogP contribution in [0.3, 0.4) is 0 Å². The molecule has 1 unspecified atom stereocenters. The van der Waals surface area contributed by atoms with E-state index in [1.54, 1.807) is 0 Å². The quantitative estimate of drug-likeness (QED) is 0.744. The van der Waals surface area contributed by atoms with Crippen LogP contribution in [-0.4, -0.2) is 42.5 Å². The molecule has 0 bridgehead atoms. The molecule has 94 valence electrons. The zero-order valence-corrected chi connectivity index (χ0v) is 10.8.